The molecular weight excluding hydrogens is 338 g/mol. The van der Waals surface area contributed by atoms with Crippen LogP contribution in [0.2, 0.25) is 0 Å². The van der Waals surface area contributed by atoms with E-state index >= 15 is 0 Å². The fraction of sp³-hybridized carbons (Fsp3) is 0.500. The van der Waals surface area contributed by atoms with E-state index in [1.165, 1.54) is 12.1 Å². The van der Waals surface area contributed by atoms with E-state index in [0.29, 0.717) is 29.0 Å². The zero-order chi connectivity index (χ0) is 15.4. The zero-order valence-electron chi connectivity index (χ0n) is 11.8. The monoisotopic (exact) mass is 355 g/mol. The summed E-state index contributed by atoms with van der Waals surface area (Å²) in [6, 6.07) is 4.38. The van der Waals surface area contributed by atoms with Gasteiger partial charge in [0, 0.05) is 35.3 Å². The van der Waals surface area contributed by atoms with E-state index in [9.17, 15) is 14.9 Å². The van der Waals surface area contributed by atoms with E-state index in [4.69, 9.17) is 0 Å². The van der Waals surface area contributed by atoms with Crippen molar-refractivity contribution in [2.75, 3.05) is 26.7 Å². The third-order valence-corrected chi connectivity index (χ3v) is 4.10. The minimum Gasteiger partial charge on any atom is -0.338 e. The summed E-state index contributed by atoms with van der Waals surface area (Å²) in [6.45, 7) is 2.28. The van der Waals surface area contributed by atoms with Crippen molar-refractivity contribution in [1.29, 1.82) is 0 Å². The lowest BCUT2D eigenvalue weighted by molar-refractivity contribution is -0.385. The first-order chi connectivity index (χ1) is 10.0. The zero-order valence-corrected chi connectivity index (χ0v) is 13.4. The van der Waals surface area contributed by atoms with Crippen molar-refractivity contribution in [2.45, 2.75) is 12.8 Å². The number of rotatable bonds is 4. The Bertz CT molecular complexity index is 548. The molecule has 1 fully saturated rings. The van der Waals surface area contributed by atoms with E-state index in [0.717, 1.165) is 19.4 Å². The number of likely N-dealkylation sites (tertiary alicyclic amines) is 1. The Hall–Kier alpha value is -1.47. The molecular formula is C14H18BrN3O3. The molecule has 0 saturated carbocycles. The molecule has 1 N–H and O–H groups in total. The van der Waals surface area contributed by atoms with Crippen LogP contribution in [-0.4, -0.2) is 42.4 Å². The Labute approximate surface area is 131 Å². The van der Waals surface area contributed by atoms with Gasteiger partial charge in [-0.3, -0.25) is 14.9 Å². The number of nitrogens with zero attached hydrogens (tertiary/aromatic N) is 2. The topological polar surface area (TPSA) is 75.5 Å². The van der Waals surface area contributed by atoms with Crippen LogP contribution in [0.25, 0.3) is 0 Å². The van der Waals surface area contributed by atoms with Crippen molar-refractivity contribution >= 4 is 27.5 Å². The molecule has 1 aliphatic heterocycles. The van der Waals surface area contributed by atoms with Gasteiger partial charge in [0.15, 0.2) is 0 Å². The highest BCUT2D eigenvalue weighted by molar-refractivity contribution is 9.10. The van der Waals surface area contributed by atoms with Crippen LogP contribution in [0.5, 0.6) is 0 Å². The number of carbonyl (C=O) groups excluding carboxylic acids is 1. The molecule has 1 aromatic rings. The van der Waals surface area contributed by atoms with Crippen LogP contribution in [-0.2, 0) is 0 Å². The maximum atomic E-state index is 12.5. The summed E-state index contributed by atoms with van der Waals surface area (Å²) in [5.74, 6) is 0.301. The average molecular weight is 356 g/mol. The molecule has 21 heavy (non-hydrogen) atoms. The Morgan fingerprint density at radius 2 is 2.29 bits per heavy atom. The van der Waals surface area contributed by atoms with Gasteiger partial charge in [-0.1, -0.05) is 15.9 Å². The molecule has 2 rings (SSSR count). The van der Waals surface area contributed by atoms with Crippen LogP contribution < -0.4 is 5.32 Å². The van der Waals surface area contributed by atoms with E-state index in [1.54, 1.807) is 11.0 Å². The molecule has 1 heterocycles. The Morgan fingerprint density at radius 3 is 2.95 bits per heavy atom. The van der Waals surface area contributed by atoms with Gasteiger partial charge in [-0.25, -0.2) is 0 Å². The molecule has 1 saturated heterocycles. The summed E-state index contributed by atoms with van der Waals surface area (Å²) in [5, 5.41) is 14.0. The fourth-order valence-electron chi connectivity index (χ4n) is 2.69. The standard InChI is InChI=1S/C14H18BrN3O3/c1-16-8-10-3-2-4-17(9-10)14(19)11-5-12(15)7-13(6-11)18(20)21/h5-7,10,16H,2-4,8-9H2,1H3. The number of nitrogens with one attached hydrogen (secondary N) is 1. The third-order valence-electron chi connectivity index (χ3n) is 3.64. The molecule has 0 radical (unpaired) electrons. The lowest BCUT2D eigenvalue weighted by Crippen LogP contribution is -2.42. The molecule has 1 aliphatic rings. The van der Waals surface area contributed by atoms with Crippen LogP contribution in [0.1, 0.15) is 23.2 Å². The normalized spacial score (nSPS) is 18.6. The summed E-state index contributed by atoms with van der Waals surface area (Å²) in [4.78, 5) is 24.7. The van der Waals surface area contributed by atoms with Crippen molar-refractivity contribution < 1.29 is 9.72 Å². The highest BCUT2D eigenvalue weighted by atomic mass is 79.9. The lowest BCUT2D eigenvalue weighted by Gasteiger charge is -2.32. The van der Waals surface area contributed by atoms with Crippen LogP contribution in [0.3, 0.4) is 0 Å². The smallest absolute Gasteiger partial charge is 0.271 e. The first-order valence-corrected chi connectivity index (χ1v) is 7.69. The number of hydrogen-bond donors (Lipinski definition) is 1. The molecule has 1 aromatic carbocycles. The molecule has 7 heteroatoms. The second-order valence-electron chi connectivity index (χ2n) is 5.27. The largest absolute Gasteiger partial charge is 0.338 e. The molecule has 1 atom stereocenters. The van der Waals surface area contributed by atoms with Crippen molar-refractivity contribution in [3.8, 4) is 0 Å². The lowest BCUT2D eigenvalue weighted by atomic mass is 9.97. The fourth-order valence-corrected chi connectivity index (χ4v) is 3.17. The quantitative estimate of drug-likeness (QED) is 0.664. The van der Waals surface area contributed by atoms with Gasteiger partial charge in [-0.2, -0.15) is 0 Å². The van der Waals surface area contributed by atoms with Gasteiger partial charge in [-0.15, -0.1) is 0 Å². The van der Waals surface area contributed by atoms with Crippen molar-refractivity contribution in [3.05, 3.63) is 38.3 Å². The molecule has 0 spiro atoms. The van der Waals surface area contributed by atoms with Crippen molar-refractivity contribution in [2.24, 2.45) is 5.92 Å². The molecule has 0 aromatic heterocycles. The van der Waals surface area contributed by atoms with Crippen molar-refractivity contribution in [3.63, 3.8) is 0 Å². The predicted octanol–water partition coefficient (Wildman–Crippen LogP) is 2.43. The van der Waals surface area contributed by atoms with Crippen LogP contribution in [0, 0.1) is 16.0 Å². The van der Waals surface area contributed by atoms with Crippen LogP contribution in [0.4, 0.5) is 5.69 Å². The highest BCUT2D eigenvalue weighted by Gasteiger charge is 2.25. The maximum absolute atomic E-state index is 12.5. The van der Waals surface area contributed by atoms with Gasteiger partial charge >= 0.3 is 0 Å². The first kappa shape index (κ1) is 15.9. The second-order valence-corrected chi connectivity index (χ2v) is 6.19. The minimum absolute atomic E-state index is 0.0727. The van der Waals surface area contributed by atoms with Gasteiger partial charge in [-0.05, 0) is 38.4 Å². The molecule has 6 nitrogen and oxygen atoms in total. The number of benzene rings is 1. The summed E-state index contributed by atoms with van der Waals surface area (Å²) >= 11 is 3.23. The molecule has 0 aliphatic carbocycles. The minimum atomic E-state index is -0.485. The van der Waals surface area contributed by atoms with Crippen molar-refractivity contribution in [1.82, 2.24) is 10.2 Å². The Morgan fingerprint density at radius 1 is 1.52 bits per heavy atom. The van der Waals surface area contributed by atoms with Crippen LogP contribution in [0.15, 0.2) is 22.7 Å². The average Bonchev–Trinajstić information content (AvgIpc) is 2.46. The van der Waals surface area contributed by atoms with Crippen LogP contribution >= 0.6 is 15.9 Å². The van der Waals surface area contributed by atoms with E-state index in [1.807, 2.05) is 7.05 Å². The Balaban J connectivity index is 2.17. The maximum Gasteiger partial charge on any atom is 0.271 e. The van der Waals surface area contributed by atoms with Gasteiger partial charge in [0.1, 0.15) is 0 Å². The number of nitro benzene ring substituents is 1. The van der Waals surface area contributed by atoms with E-state index < -0.39 is 4.92 Å². The predicted molar refractivity (Wildman–Crippen MR) is 83.4 cm³/mol. The number of amides is 1. The van der Waals surface area contributed by atoms with Gasteiger partial charge in [0.25, 0.3) is 11.6 Å². The number of carbonyl (C=O) groups is 1. The number of piperidine rings is 1. The molecule has 1 unspecified atom stereocenters. The Kier molecular flexibility index (Phi) is 5.30. The van der Waals surface area contributed by atoms with Gasteiger partial charge < -0.3 is 10.2 Å². The molecule has 1 amide bonds. The number of non-ortho nitro benzene ring substituents is 1. The highest BCUT2D eigenvalue weighted by Crippen LogP contribution is 2.24. The van der Waals surface area contributed by atoms with E-state index in [2.05, 4.69) is 21.2 Å². The summed E-state index contributed by atoms with van der Waals surface area (Å²) in [6.07, 6.45) is 2.07. The SMILES string of the molecule is CNCC1CCCN(C(=O)c2cc(Br)cc([N+](=O)[O-])c2)C1. The summed E-state index contributed by atoms with van der Waals surface area (Å²) in [5.41, 5.74) is 0.290. The number of halogens is 1. The number of hydrogen-bond acceptors (Lipinski definition) is 4. The van der Waals surface area contributed by atoms with Gasteiger partial charge in [0.05, 0.1) is 4.92 Å². The second kappa shape index (κ2) is 7.00. The third kappa shape index (κ3) is 4.01. The summed E-state index contributed by atoms with van der Waals surface area (Å²) < 4.78 is 0.545. The molecule has 0 bridgehead atoms. The first-order valence-electron chi connectivity index (χ1n) is 6.90. The summed E-state index contributed by atoms with van der Waals surface area (Å²) in [7, 11) is 1.90. The molecule has 114 valence electrons. The van der Waals surface area contributed by atoms with Gasteiger partial charge in [0.2, 0.25) is 0 Å². The van der Waals surface area contributed by atoms with E-state index in [-0.39, 0.29) is 11.6 Å². The number of nitro groups is 1.